The molecule has 0 atom stereocenters. The molecule has 1 aliphatic heterocycles. The van der Waals surface area contributed by atoms with E-state index in [0.717, 1.165) is 19.9 Å². The van der Waals surface area contributed by atoms with E-state index in [1.807, 2.05) is 0 Å². The summed E-state index contributed by atoms with van der Waals surface area (Å²) in [4.78, 5) is 10.5. The Balaban J connectivity index is 2.23. The van der Waals surface area contributed by atoms with Crippen LogP contribution in [0, 0.1) is 0 Å². The molecule has 0 amide bonds. The summed E-state index contributed by atoms with van der Waals surface area (Å²) in [5.74, 6) is -1.31. The van der Waals surface area contributed by atoms with Crippen molar-refractivity contribution >= 4 is 37.5 Å². The molecule has 1 aromatic rings. The Morgan fingerprint density at radius 3 is 2.14 bits per heavy atom. The summed E-state index contributed by atoms with van der Waals surface area (Å²) in [7, 11) is -7.81. The van der Waals surface area contributed by atoms with E-state index >= 15 is 0 Å². The lowest BCUT2D eigenvalue weighted by Crippen LogP contribution is -2.52. The molecule has 0 aliphatic carbocycles. The number of hydrogen-bond acceptors (Lipinski definition) is 6. The normalized spacial score (nSPS) is 18.7. The quantitative estimate of drug-likeness (QED) is 0.707. The monoisotopic (exact) mass is 355 g/mol. The molecule has 1 aromatic heterocycles. The molecule has 3 N–H and O–H groups in total. The van der Waals surface area contributed by atoms with E-state index in [2.05, 4.69) is 0 Å². The van der Waals surface area contributed by atoms with Gasteiger partial charge in [0.1, 0.15) is 9.77 Å². The number of rotatable bonds is 4. The van der Waals surface area contributed by atoms with Gasteiger partial charge in [-0.3, -0.25) is 0 Å². The van der Waals surface area contributed by atoms with Gasteiger partial charge in [0.25, 0.3) is 10.2 Å². The highest BCUT2D eigenvalue weighted by molar-refractivity contribution is 7.89. The third-order valence-corrected chi connectivity index (χ3v) is 7.06. The molecule has 1 fully saturated rings. The summed E-state index contributed by atoms with van der Waals surface area (Å²) in [6.45, 7) is -0.281. The van der Waals surface area contributed by atoms with E-state index < -0.39 is 26.2 Å². The Kier molecular flexibility index (Phi) is 4.37. The molecule has 21 heavy (non-hydrogen) atoms. The fraction of sp³-hybridized carbons (Fsp3) is 0.444. The summed E-state index contributed by atoms with van der Waals surface area (Å²) < 4.78 is 49.2. The van der Waals surface area contributed by atoms with Gasteiger partial charge in [-0.1, -0.05) is 0 Å². The third kappa shape index (κ3) is 3.25. The maximum atomic E-state index is 12.4. The average molecular weight is 355 g/mol. The smallest absolute Gasteiger partial charge is 0.347 e. The molecular weight excluding hydrogens is 342 g/mol. The van der Waals surface area contributed by atoms with E-state index in [-0.39, 0.29) is 36.0 Å². The van der Waals surface area contributed by atoms with Gasteiger partial charge < -0.3 is 5.11 Å². The second kappa shape index (κ2) is 5.62. The fourth-order valence-electron chi connectivity index (χ4n) is 1.96. The highest BCUT2D eigenvalue weighted by Crippen LogP contribution is 2.26. The summed E-state index contributed by atoms with van der Waals surface area (Å²) in [5, 5.41) is 15.4. The molecule has 1 saturated heterocycles. The number of carbonyl (C=O) groups is 1. The van der Waals surface area contributed by atoms with Crippen molar-refractivity contribution in [2.24, 2.45) is 5.14 Å². The predicted molar refractivity (Wildman–Crippen MR) is 74.7 cm³/mol. The number of nitrogens with zero attached hydrogens (tertiary/aromatic N) is 2. The van der Waals surface area contributed by atoms with Gasteiger partial charge in [-0.15, -0.1) is 11.3 Å². The zero-order valence-electron chi connectivity index (χ0n) is 10.7. The molecule has 12 heteroatoms. The highest BCUT2D eigenvalue weighted by atomic mass is 32.2. The molecule has 118 valence electrons. The van der Waals surface area contributed by atoms with Crippen molar-refractivity contribution < 1.29 is 26.7 Å². The van der Waals surface area contributed by atoms with Crippen LogP contribution < -0.4 is 5.14 Å². The minimum Gasteiger partial charge on any atom is -0.477 e. The van der Waals surface area contributed by atoms with Crippen LogP contribution in [-0.2, 0) is 20.2 Å². The van der Waals surface area contributed by atoms with Gasteiger partial charge >= 0.3 is 5.97 Å². The summed E-state index contributed by atoms with van der Waals surface area (Å²) in [6.07, 6.45) is 0. The van der Waals surface area contributed by atoms with E-state index in [0.29, 0.717) is 0 Å². The number of nitrogens with two attached hydrogens (primary N) is 1. The van der Waals surface area contributed by atoms with Crippen molar-refractivity contribution in [1.29, 1.82) is 0 Å². The van der Waals surface area contributed by atoms with Gasteiger partial charge in [-0.2, -0.15) is 17.0 Å². The first-order valence-corrected chi connectivity index (χ1v) is 9.55. The van der Waals surface area contributed by atoms with Crippen molar-refractivity contribution in [3.05, 3.63) is 16.3 Å². The van der Waals surface area contributed by atoms with Gasteiger partial charge in [-0.25, -0.2) is 18.4 Å². The Labute approximate surface area is 125 Å². The van der Waals surface area contributed by atoms with Crippen molar-refractivity contribution in [3.63, 3.8) is 0 Å². The number of thiophene rings is 1. The topological polar surface area (TPSA) is 138 Å². The minimum absolute atomic E-state index is 0.0649. The van der Waals surface area contributed by atoms with Crippen LogP contribution in [0.3, 0.4) is 0 Å². The van der Waals surface area contributed by atoms with Crippen LogP contribution in [0.1, 0.15) is 9.67 Å². The number of carboxylic acid groups (broad SMARTS) is 1. The van der Waals surface area contributed by atoms with E-state index in [1.165, 1.54) is 11.4 Å². The number of piperazine rings is 1. The Morgan fingerprint density at radius 2 is 1.67 bits per heavy atom. The van der Waals surface area contributed by atoms with E-state index in [9.17, 15) is 21.6 Å². The summed E-state index contributed by atoms with van der Waals surface area (Å²) >= 11 is 0.822. The summed E-state index contributed by atoms with van der Waals surface area (Å²) in [6, 6.07) is 1.23. The van der Waals surface area contributed by atoms with Crippen LogP contribution in [0.2, 0.25) is 0 Å². The van der Waals surface area contributed by atoms with Crippen LogP contribution in [0.25, 0.3) is 0 Å². The third-order valence-electron chi connectivity index (χ3n) is 3.00. The van der Waals surface area contributed by atoms with Gasteiger partial charge in [0.15, 0.2) is 0 Å². The van der Waals surface area contributed by atoms with Crippen molar-refractivity contribution in [3.8, 4) is 0 Å². The van der Waals surface area contributed by atoms with E-state index in [4.69, 9.17) is 10.2 Å². The molecule has 0 spiro atoms. The molecule has 0 aromatic carbocycles. The molecule has 9 nitrogen and oxygen atoms in total. The molecule has 0 bridgehead atoms. The molecule has 2 heterocycles. The maximum Gasteiger partial charge on any atom is 0.347 e. The predicted octanol–water partition coefficient (Wildman–Crippen LogP) is -1.04. The molecule has 1 aliphatic rings. The first-order valence-electron chi connectivity index (χ1n) is 5.73. The molecule has 0 saturated carbocycles. The largest absolute Gasteiger partial charge is 0.477 e. The standard InChI is InChI=1S/C9H13N3O6S3/c10-21(17,18)12-4-2-11(3-5-12)20(15,16)7-1-6-19-8(7)9(13)14/h1,6H,2-5H2,(H,13,14)(H2,10,17,18). The Morgan fingerprint density at radius 1 is 1.14 bits per heavy atom. The van der Waals surface area contributed by atoms with Crippen molar-refractivity contribution in [2.45, 2.75) is 4.90 Å². The first kappa shape index (κ1) is 16.3. The molecule has 2 rings (SSSR count). The molecular formula is C9H13N3O6S3. The number of hydrogen-bond donors (Lipinski definition) is 2. The lowest BCUT2D eigenvalue weighted by molar-refractivity contribution is 0.0698. The maximum absolute atomic E-state index is 12.4. The Bertz CT molecular complexity index is 745. The summed E-state index contributed by atoms with van der Waals surface area (Å²) in [5.41, 5.74) is 0. The first-order chi connectivity index (χ1) is 9.64. The van der Waals surface area contributed by atoms with Crippen molar-refractivity contribution in [2.75, 3.05) is 26.2 Å². The number of sulfonamides is 1. The van der Waals surface area contributed by atoms with E-state index in [1.54, 1.807) is 0 Å². The lowest BCUT2D eigenvalue weighted by atomic mass is 10.4. The van der Waals surface area contributed by atoms with Crippen LogP contribution in [0.15, 0.2) is 16.3 Å². The van der Waals surface area contributed by atoms with Gasteiger partial charge in [0, 0.05) is 26.2 Å². The number of carboxylic acids is 1. The average Bonchev–Trinajstić information content (AvgIpc) is 2.88. The van der Waals surface area contributed by atoms with Crippen LogP contribution in [-0.4, -0.2) is 62.7 Å². The second-order valence-electron chi connectivity index (χ2n) is 4.27. The van der Waals surface area contributed by atoms with Crippen molar-refractivity contribution in [1.82, 2.24) is 8.61 Å². The highest BCUT2D eigenvalue weighted by Gasteiger charge is 2.34. The minimum atomic E-state index is -3.96. The Hall–Kier alpha value is -1.05. The van der Waals surface area contributed by atoms with Gasteiger partial charge in [0.05, 0.1) is 0 Å². The zero-order chi connectivity index (χ0) is 15.8. The zero-order valence-corrected chi connectivity index (χ0v) is 13.1. The second-order valence-corrected chi connectivity index (χ2v) is 8.64. The molecule has 0 unspecified atom stereocenters. The molecule has 0 radical (unpaired) electrons. The SMILES string of the molecule is NS(=O)(=O)N1CCN(S(=O)(=O)c2ccsc2C(=O)O)CC1. The van der Waals surface area contributed by atoms with Gasteiger partial charge in [-0.05, 0) is 11.4 Å². The van der Waals surface area contributed by atoms with Crippen LogP contribution in [0.5, 0.6) is 0 Å². The number of aromatic carboxylic acids is 1. The fourth-order valence-corrected chi connectivity index (χ4v) is 5.29. The van der Waals surface area contributed by atoms with Gasteiger partial charge in [0.2, 0.25) is 10.0 Å². The lowest BCUT2D eigenvalue weighted by Gasteiger charge is -2.32. The van der Waals surface area contributed by atoms with Crippen LogP contribution in [0.4, 0.5) is 0 Å². The van der Waals surface area contributed by atoms with Crippen LogP contribution >= 0.6 is 11.3 Å².